The van der Waals surface area contributed by atoms with Crippen molar-refractivity contribution in [1.82, 2.24) is 15.5 Å². The molecule has 6 heteroatoms. The zero-order valence-corrected chi connectivity index (χ0v) is 11.5. The number of nitrogens with one attached hydrogen (secondary N) is 2. The molecule has 2 N–H and O–H groups in total. The van der Waals surface area contributed by atoms with E-state index >= 15 is 0 Å². The van der Waals surface area contributed by atoms with Crippen molar-refractivity contribution in [2.45, 2.75) is 19.3 Å². The molecule has 2 heterocycles. The molecule has 108 valence electrons. The number of amides is 2. The van der Waals surface area contributed by atoms with Crippen LogP contribution in [0.3, 0.4) is 0 Å². The summed E-state index contributed by atoms with van der Waals surface area (Å²) in [5.41, 5.74) is 0.106. The van der Waals surface area contributed by atoms with Gasteiger partial charge in [0.25, 0.3) is 0 Å². The minimum Gasteiger partial charge on any atom is -0.383 e. The predicted octanol–water partition coefficient (Wildman–Crippen LogP) is -0.649. The Morgan fingerprint density at radius 3 is 2.89 bits per heavy atom. The van der Waals surface area contributed by atoms with Gasteiger partial charge in [-0.05, 0) is 31.3 Å². The minimum absolute atomic E-state index is 0.101. The standard InChI is InChI=1S/C13H23N3O3/c1-19-7-6-15-11(17)9-16-10-13(8-12(16)18)2-4-14-5-3-13/h14H,2-10H2,1H3,(H,15,17). The van der Waals surface area contributed by atoms with Crippen LogP contribution in [0.5, 0.6) is 0 Å². The molecule has 2 aliphatic heterocycles. The van der Waals surface area contributed by atoms with Crippen molar-refractivity contribution in [2.75, 3.05) is 46.4 Å². The Balaban J connectivity index is 1.81. The number of rotatable bonds is 5. The third-order valence-corrected chi connectivity index (χ3v) is 4.03. The van der Waals surface area contributed by atoms with E-state index in [1.807, 2.05) is 0 Å². The van der Waals surface area contributed by atoms with Crippen molar-refractivity contribution in [3.63, 3.8) is 0 Å². The lowest BCUT2D eigenvalue weighted by Crippen LogP contribution is -2.42. The van der Waals surface area contributed by atoms with Crippen LogP contribution in [0, 0.1) is 5.41 Å². The molecule has 0 atom stereocenters. The van der Waals surface area contributed by atoms with Gasteiger partial charge in [-0.15, -0.1) is 0 Å². The molecule has 0 aromatic rings. The monoisotopic (exact) mass is 269 g/mol. The molecule has 0 unspecified atom stereocenters. The van der Waals surface area contributed by atoms with E-state index in [9.17, 15) is 9.59 Å². The Bertz CT molecular complexity index is 340. The number of carbonyl (C=O) groups excluding carboxylic acids is 2. The zero-order valence-electron chi connectivity index (χ0n) is 11.5. The number of ether oxygens (including phenoxy) is 1. The van der Waals surface area contributed by atoms with Gasteiger partial charge in [-0.2, -0.15) is 0 Å². The van der Waals surface area contributed by atoms with E-state index in [1.54, 1.807) is 12.0 Å². The van der Waals surface area contributed by atoms with Crippen LogP contribution in [0.1, 0.15) is 19.3 Å². The summed E-state index contributed by atoms with van der Waals surface area (Å²) >= 11 is 0. The number of nitrogens with zero attached hydrogens (tertiary/aromatic N) is 1. The lowest BCUT2D eigenvalue weighted by molar-refractivity contribution is -0.133. The van der Waals surface area contributed by atoms with Crippen LogP contribution >= 0.6 is 0 Å². The first-order chi connectivity index (χ1) is 9.15. The van der Waals surface area contributed by atoms with E-state index in [2.05, 4.69) is 10.6 Å². The van der Waals surface area contributed by atoms with E-state index in [-0.39, 0.29) is 23.8 Å². The van der Waals surface area contributed by atoms with Crippen molar-refractivity contribution in [3.05, 3.63) is 0 Å². The SMILES string of the molecule is COCCNC(=O)CN1CC2(CCNCC2)CC1=O. The number of carbonyl (C=O) groups is 2. The van der Waals surface area contributed by atoms with Gasteiger partial charge in [0.05, 0.1) is 13.2 Å². The summed E-state index contributed by atoms with van der Waals surface area (Å²) < 4.78 is 4.87. The second kappa shape index (κ2) is 6.34. The summed E-state index contributed by atoms with van der Waals surface area (Å²) in [5, 5.41) is 6.07. The molecule has 0 aliphatic carbocycles. The van der Waals surface area contributed by atoms with Crippen molar-refractivity contribution < 1.29 is 14.3 Å². The maximum atomic E-state index is 12.0. The largest absolute Gasteiger partial charge is 0.383 e. The second-order valence-corrected chi connectivity index (χ2v) is 5.52. The van der Waals surface area contributed by atoms with Crippen LogP contribution in [0.2, 0.25) is 0 Å². The molecule has 0 bridgehead atoms. The summed E-state index contributed by atoms with van der Waals surface area (Å²) in [4.78, 5) is 25.4. The number of likely N-dealkylation sites (tertiary alicyclic amines) is 1. The van der Waals surface area contributed by atoms with Gasteiger partial charge in [-0.1, -0.05) is 0 Å². The summed E-state index contributed by atoms with van der Waals surface area (Å²) in [5.74, 6) is 0.0141. The Kier molecular flexibility index (Phi) is 4.76. The highest BCUT2D eigenvalue weighted by Gasteiger charge is 2.43. The van der Waals surface area contributed by atoms with Crippen molar-refractivity contribution in [3.8, 4) is 0 Å². The van der Waals surface area contributed by atoms with Crippen LogP contribution < -0.4 is 10.6 Å². The lowest BCUT2D eigenvalue weighted by Gasteiger charge is -2.32. The summed E-state index contributed by atoms with van der Waals surface area (Å²) in [6.07, 6.45) is 2.65. The summed E-state index contributed by atoms with van der Waals surface area (Å²) in [6, 6.07) is 0. The molecule has 1 spiro atoms. The highest BCUT2D eigenvalue weighted by molar-refractivity contribution is 5.86. The van der Waals surface area contributed by atoms with Gasteiger partial charge in [0, 0.05) is 26.6 Å². The first-order valence-corrected chi connectivity index (χ1v) is 6.89. The molecule has 0 aromatic heterocycles. The Hall–Kier alpha value is -1.14. The van der Waals surface area contributed by atoms with Crippen LogP contribution in [0.15, 0.2) is 0 Å². The fourth-order valence-electron chi connectivity index (χ4n) is 2.94. The fourth-order valence-corrected chi connectivity index (χ4v) is 2.94. The van der Waals surface area contributed by atoms with Gasteiger partial charge >= 0.3 is 0 Å². The molecule has 2 rings (SSSR count). The molecular weight excluding hydrogens is 246 g/mol. The molecule has 19 heavy (non-hydrogen) atoms. The highest BCUT2D eigenvalue weighted by Crippen LogP contribution is 2.38. The topological polar surface area (TPSA) is 70.7 Å². The molecular formula is C13H23N3O3. The first-order valence-electron chi connectivity index (χ1n) is 6.89. The molecule has 6 nitrogen and oxygen atoms in total. The van der Waals surface area contributed by atoms with Crippen molar-refractivity contribution in [1.29, 1.82) is 0 Å². The number of methoxy groups -OCH3 is 1. The number of hydrogen-bond acceptors (Lipinski definition) is 4. The van der Waals surface area contributed by atoms with Gasteiger partial charge < -0.3 is 20.3 Å². The molecule has 2 fully saturated rings. The number of hydrogen-bond donors (Lipinski definition) is 2. The van der Waals surface area contributed by atoms with Crippen molar-refractivity contribution in [2.24, 2.45) is 5.41 Å². The molecule has 0 aromatic carbocycles. The second-order valence-electron chi connectivity index (χ2n) is 5.52. The Labute approximate surface area is 113 Å². The minimum atomic E-state index is -0.101. The maximum absolute atomic E-state index is 12.0. The molecule has 0 radical (unpaired) electrons. The predicted molar refractivity (Wildman–Crippen MR) is 70.6 cm³/mol. The molecule has 2 saturated heterocycles. The van der Waals surface area contributed by atoms with E-state index in [1.165, 1.54) is 0 Å². The van der Waals surface area contributed by atoms with Gasteiger partial charge in [-0.3, -0.25) is 9.59 Å². The summed E-state index contributed by atoms with van der Waals surface area (Å²) in [6.45, 7) is 3.84. The Morgan fingerprint density at radius 2 is 2.21 bits per heavy atom. The normalized spacial score (nSPS) is 21.9. The summed E-state index contributed by atoms with van der Waals surface area (Å²) in [7, 11) is 1.59. The van der Waals surface area contributed by atoms with E-state index in [0.717, 1.165) is 32.5 Å². The quantitative estimate of drug-likeness (QED) is 0.651. The third kappa shape index (κ3) is 3.67. The van der Waals surface area contributed by atoms with Crippen LogP contribution in [0.25, 0.3) is 0 Å². The highest BCUT2D eigenvalue weighted by atomic mass is 16.5. The van der Waals surface area contributed by atoms with Gasteiger partial charge in [0.2, 0.25) is 11.8 Å². The van der Waals surface area contributed by atoms with E-state index in [0.29, 0.717) is 19.6 Å². The maximum Gasteiger partial charge on any atom is 0.239 e. The third-order valence-electron chi connectivity index (χ3n) is 4.03. The van der Waals surface area contributed by atoms with Gasteiger partial charge in [0.15, 0.2) is 0 Å². The smallest absolute Gasteiger partial charge is 0.239 e. The molecule has 2 amide bonds. The van der Waals surface area contributed by atoms with Gasteiger partial charge in [0.1, 0.15) is 0 Å². The van der Waals surface area contributed by atoms with Crippen LogP contribution in [-0.2, 0) is 14.3 Å². The average molecular weight is 269 g/mol. The van der Waals surface area contributed by atoms with Gasteiger partial charge in [-0.25, -0.2) is 0 Å². The first kappa shape index (κ1) is 14.3. The average Bonchev–Trinajstić information content (AvgIpc) is 2.66. The van der Waals surface area contributed by atoms with Crippen molar-refractivity contribution >= 4 is 11.8 Å². The van der Waals surface area contributed by atoms with Crippen LogP contribution in [0.4, 0.5) is 0 Å². The van der Waals surface area contributed by atoms with Crippen LogP contribution in [-0.4, -0.2) is 63.2 Å². The van der Waals surface area contributed by atoms with E-state index < -0.39 is 0 Å². The lowest BCUT2D eigenvalue weighted by atomic mass is 9.78. The molecule has 0 saturated carbocycles. The fraction of sp³-hybridized carbons (Fsp3) is 0.846. The van der Waals surface area contributed by atoms with E-state index in [4.69, 9.17) is 4.74 Å². The number of piperidine rings is 1. The molecule has 2 aliphatic rings. The zero-order chi connectivity index (χ0) is 13.7. The Morgan fingerprint density at radius 1 is 1.47 bits per heavy atom.